The number of carbonyl (C=O) groups is 1. The zero-order valence-electron chi connectivity index (χ0n) is 20.5. The number of likely N-dealkylation sites (tertiary alicyclic amines) is 1. The van der Waals surface area contributed by atoms with E-state index in [2.05, 4.69) is 23.2 Å². The van der Waals surface area contributed by atoms with Gasteiger partial charge >= 0.3 is 5.69 Å². The highest BCUT2D eigenvalue weighted by atomic mass is 16.6. The van der Waals surface area contributed by atoms with Gasteiger partial charge in [0.2, 0.25) is 0 Å². The zero-order chi connectivity index (χ0) is 26.3. The molecule has 4 atom stereocenters. The number of aromatic nitrogens is 2. The van der Waals surface area contributed by atoms with Crippen LogP contribution >= 0.6 is 0 Å². The summed E-state index contributed by atoms with van der Waals surface area (Å²) in [7, 11) is 0. The van der Waals surface area contributed by atoms with Gasteiger partial charge in [0.05, 0.1) is 6.61 Å². The standard InChI is InChI=1S/C29H25N3O6/c1-15-13-32(28(37)30-25(15)35)27-23-24(34)29(14-33,38-27)11-12-31(23)26(36)20-10-8-18-6-5-16-3-2-4-17-7-9-19(20)22(18)21(16)17/h2-10,13,23-24,27,33-34H,11-12,14H2,1H3,(H,30,35,37)/t23?,24-,27+,29+/m0/s1. The van der Waals surface area contributed by atoms with Gasteiger partial charge in [0.1, 0.15) is 17.7 Å². The Labute approximate surface area is 215 Å². The first kappa shape index (κ1) is 23.1. The third-order valence-electron chi connectivity index (χ3n) is 8.35. The number of fused-ring (bicyclic) bond motifs is 2. The van der Waals surface area contributed by atoms with Crippen molar-refractivity contribution in [2.75, 3.05) is 13.2 Å². The van der Waals surface area contributed by atoms with Gasteiger partial charge in [-0.1, -0.05) is 48.5 Å². The number of aromatic amines is 1. The van der Waals surface area contributed by atoms with Crippen LogP contribution in [0.5, 0.6) is 0 Å². The molecule has 38 heavy (non-hydrogen) atoms. The Bertz CT molecular complexity index is 1860. The number of piperidine rings is 1. The van der Waals surface area contributed by atoms with E-state index in [-0.39, 0.29) is 24.4 Å². The zero-order valence-corrected chi connectivity index (χ0v) is 20.5. The molecule has 2 bridgehead atoms. The molecule has 3 heterocycles. The van der Waals surface area contributed by atoms with Gasteiger partial charge in [-0.15, -0.1) is 0 Å². The van der Waals surface area contributed by atoms with E-state index >= 15 is 0 Å². The number of aliphatic hydroxyl groups is 2. The number of carbonyl (C=O) groups excluding carboxylic acids is 1. The molecule has 7 rings (SSSR count). The van der Waals surface area contributed by atoms with Gasteiger partial charge in [-0.3, -0.25) is 19.1 Å². The smallest absolute Gasteiger partial charge is 0.330 e. The molecule has 2 aliphatic rings. The van der Waals surface area contributed by atoms with Crippen molar-refractivity contribution in [1.29, 1.82) is 0 Å². The Kier molecular flexibility index (Phi) is 4.85. The van der Waals surface area contributed by atoms with Crippen molar-refractivity contribution in [2.24, 2.45) is 0 Å². The van der Waals surface area contributed by atoms with E-state index in [9.17, 15) is 24.6 Å². The Morgan fingerprint density at radius 2 is 1.74 bits per heavy atom. The molecule has 3 N–H and O–H groups in total. The highest BCUT2D eigenvalue weighted by Gasteiger charge is 2.61. The summed E-state index contributed by atoms with van der Waals surface area (Å²) in [5.74, 6) is -0.303. The monoisotopic (exact) mass is 511 g/mol. The molecule has 0 saturated carbocycles. The molecule has 0 spiro atoms. The number of aliphatic hydroxyl groups excluding tert-OH is 2. The molecule has 2 fully saturated rings. The number of amides is 1. The average Bonchev–Trinajstić information content (AvgIpc) is 3.09. The average molecular weight is 512 g/mol. The lowest BCUT2D eigenvalue weighted by atomic mass is 9.85. The van der Waals surface area contributed by atoms with E-state index in [0.717, 1.165) is 32.3 Å². The van der Waals surface area contributed by atoms with Crippen molar-refractivity contribution < 1.29 is 19.7 Å². The van der Waals surface area contributed by atoms with Crippen LogP contribution in [0, 0.1) is 6.92 Å². The van der Waals surface area contributed by atoms with Crippen LogP contribution in [0.4, 0.5) is 0 Å². The summed E-state index contributed by atoms with van der Waals surface area (Å²) in [4.78, 5) is 42.7. The number of nitrogens with one attached hydrogen (secondary N) is 1. The van der Waals surface area contributed by atoms with Crippen molar-refractivity contribution in [3.8, 4) is 0 Å². The Hall–Kier alpha value is -4.05. The minimum atomic E-state index is -1.32. The first-order valence-corrected chi connectivity index (χ1v) is 12.6. The van der Waals surface area contributed by atoms with Crippen LogP contribution < -0.4 is 11.2 Å². The van der Waals surface area contributed by atoms with Crippen LogP contribution in [0.1, 0.15) is 28.6 Å². The highest BCUT2D eigenvalue weighted by molar-refractivity contribution is 6.26. The maximum absolute atomic E-state index is 14.2. The number of nitrogens with zero attached hydrogens (tertiary/aromatic N) is 2. The topological polar surface area (TPSA) is 125 Å². The van der Waals surface area contributed by atoms with E-state index in [1.54, 1.807) is 13.0 Å². The second-order valence-electron chi connectivity index (χ2n) is 10.4. The maximum atomic E-state index is 14.2. The molecule has 1 unspecified atom stereocenters. The Balaban J connectivity index is 1.38. The molecule has 192 valence electrons. The van der Waals surface area contributed by atoms with Crippen LogP contribution in [0.15, 0.2) is 70.4 Å². The normalized spacial score (nSPS) is 25.1. The van der Waals surface area contributed by atoms with Crippen LogP contribution in [-0.4, -0.2) is 61.5 Å². The van der Waals surface area contributed by atoms with Gasteiger partial charge in [0, 0.05) is 23.9 Å². The van der Waals surface area contributed by atoms with Crippen molar-refractivity contribution in [3.05, 3.63) is 92.8 Å². The number of hydrogen-bond donors (Lipinski definition) is 3. The second kappa shape index (κ2) is 7.97. The van der Waals surface area contributed by atoms with Crippen LogP contribution in [0.2, 0.25) is 0 Å². The molecule has 1 amide bonds. The first-order valence-electron chi connectivity index (χ1n) is 12.6. The number of aryl methyl sites for hydroxylation is 1. The Morgan fingerprint density at radius 3 is 2.47 bits per heavy atom. The van der Waals surface area contributed by atoms with E-state index in [4.69, 9.17) is 4.74 Å². The summed E-state index contributed by atoms with van der Waals surface area (Å²) in [6.45, 7) is 1.30. The van der Waals surface area contributed by atoms with Gasteiger partial charge in [-0.05, 0) is 51.7 Å². The number of ether oxygens (including phenoxy) is 1. The lowest BCUT2D eigenvalue weighted by molar-refractivity contribution is -0.133. The molecule has 5 aromatic rings. The minimum absolute atomic E-state index is 0.187. The molecule has 2 saturated heterocycles. The predicted molar refractivity (Wildman–Crippen MR) is 142 cm³/mol. The van der Waals surface area contributed by atoms with E-state index < -0.39 is 41.8 Å². The molecule has 9 nitrogen and oxygen atoms in total. The molecular formula is C29H25N3O6. The van der Waals surface area contributed by atoms with Crippen LogP contribution in [0.25, 0.3) is 32.3 Å². The van der Waals surface area contributed by atoms with E-state index in [1.165, 1.54) is 15.7 Å². The van der Waals surface area contributed by atoms with Crippen molar-refractivity contribution in [2.45, 2.75) is 37.3 Å². The molecule has 0 aliphatic carbocycles. The van der Waals surface area contributed by atoms with Crippen molar-refractivity contribution in [3.63, 3.8) is 0 Å². The summed E-state index contributed by atoms with van der Waals surface area (Å²) in [5.41, 5.74) is -1.79. The lowest BCUT2D eigenvalue weighted by Crippen LogP contribution is -2.59. The van der Waals surface area contributed by atoms with Gasteiger partial charge < -0.3 is 19.8 Å². The number of hydrogen-bond acceptors (Lipinski definition) is 6. The molecule has 4 aromatic carbocycles. The summed E-state index contributed by atoms with van der Waals surface area (Å²) in [6.07, 6.45) is -0.782. The maximum Gasteiger partial charge on any atom is 0.330 e. The molecule has 2 aliphatic heterocycles. The van der Waals surface area contributed by atoms with E-state index in [1.807, 2.05) is 30.3 Å². The molecule has 9 heteroatoms. The third kappa shape index (κ3) is 3.00. The summed E-state index contributed by atoms with van der Waals surface area (Å²) < 4.78 is 7.33. The summed E-state index contributed by atoms with van der Waals surface area (Å²) >= 11 is 0. The second-order valence-corrected chi connectivity index (χ2v) is 10.4. The van der Waals surface area contributed by atoms with Gasteiger partial charge in [0.25, 0.3) is 11.5 Å². The minimum Gasteiger partial charge on any atom is -0.393 e. The fourth-order valence-corrected chi connectivity index (χ4v) is 6.36. The molecule has 1 aromatic heterocycles. The fraction of sp³-hybridized carbons (Fsp3) is 0.276. The first-order chi connectivity index (χ1) is 18.3. The number of rotatable bonds is 3. The molecular weight excluding hydrogens is 486 g/mol. The van der Waals surface area contributed by atoms with Crippen molar-refractivity contribution in [1.82, 2.24) is 14.5 Å². The Morgan fingerprint density at radius 1 is 1.05 bits per heavy atom. The predicted octanol–water partition coefficient (Wildman–Crippen LogP) is 2.28. The SMILES string of the molecule is Cc1cn([C@@H]2O[C@@]3(CO)CCN(C(=O)c4ccc5ccc6cccc7ccc4c5c67)C2[C@@H]3O)c(=O)[nH]c1=O. The van der Waals surface area contributed by atoms with E-state index in [0.29, 0.717) is 5.56 Å². The van der Waals surface area contributed by atoms with Gasteiger partial charge in [-0.2, -0.15) is 0 Å². The number of benzene rings is 4. The van der Waals surface area contributed by atoms with Crippen LogP contribution in [-0.2, 0) is 4.74 Å². The lowest BCUT2D eigenvalue weighted by Gasteiger charge is -2.41. The third-order valence-corrected chi connectivity index (χ3v) is 8.35. The number of H-pyrrole nitrogens is 1. The van der Waals surface area contributed by atoms with Crippen molar-refractivity contribution >= 4 is 38.2 Å². The fourth-order valence-electron chi connectivity index (χ4n) is 6.36. The largest absolute Gasteiger partial charge is 0.393 e. The quantitative estimate of drug-likeness (QED) is 0.319. The molecule has 0 radical (unpaired) electrons. The summed E-state index contributed by atoms with van der Waals surface area (Å²) in [6, 6.07) is 17.0. The van der Waals surface area contributed by atoms with Crippen LogP contribution in [0.3, 0.4) is 0 Å². The van der Waals surface area contributed by atoms with Gasteiger partial charge in [-0.25, -0.2) is 4.79 Å². The highest BCUT2D eigenvalue weighted by Crippen LogP contribution is 2.46. The van der Waals surface area contributed by atoms with Gasteiger partial charge in [0.15, 0.2) is 6.23 Å². The summed E-state index contributed by atoms with van der Waals surface area (Å²) in [5, 5.41) is 27.6.